The van der Waals surface area contributed by atoms with E-state index in [0.717, 1.165) is 25.3 Å². The van der Waals surface area contributed by atoms with Crippen LogP contribution in [0.15, 0.2) is 9.98 Å². The van der Waals surface area contributed by atoms with Crippen LogP contribution >= 0.6 is 0 Å². The minimum Gasteiger partial charge on any atom is -0.370 e. The van der Waals surface area contributed by atoms with Crippen LogP contribution in [0.2, 0.25) is 0 Å². The van der Waals surface area contributed by atoms with E-state index < -0.39 is 0 Å². The highest BCUT2D eigenvalue weighted by Crippen LogP contribution is 2.34. The predicted molar refractivity (Wildman–Crippen MR) is 66.3 cm³/mol. The average molecular weight is 223 g/mol. The molecule has 0 atom stereocenters. The molecule has 0 bridgehead atoms. The van der Waals surface area contributed by atoms with Crippen molar-refractivity contribution in [2.75, 3.05) is 13.6 Å². The molecule has 1 aliphatic heterocycles. The molecule has 1 spiro atoms. The van der Waals surface area contributed by atoms with Crippen molar-refractivity contribution in [1.82, 2.24) is 10.2 Å². The molecule has 2 rings (SSSR count). The van der Waals surface area contributed by atoms with E-state index >= 15 is 0 Å². The largest absolute Gasteiger partial charge is 0.370 e. The number of hydrogen-bond acceptors (Lipinski definition) is 5. The molecule has 0 aromatic carbocycles. The molecule has 5 nitrogen and oxygen atoms in total. The Labute approximate surface area is 96.8 Å². The summed E-state index contributed by atoms with van der Waals surface area (Å²) in [6.45, 7) is 3.01. The van der Waals surface area contributed by atoms with E-state index in [9.17, 15) is 0 Å². The third kappa shape index (κ3) is 2.13. The fourth-order valence-corrected chi connectivity index (χ4v) is 2.29. The molecule has 0 unspecified atom stereocenters. The molecule has 0 amide bonds. The van der Waals surface area contributed by atoms with Crippen LogP contribution in [-0.4, -0.2) is 36.1 Å². The van der Waals surface area contributed by atoms with Gasteiger partial charge in [-0.2, -0.15) is 0 Å². The lowest BCUT2D eigenvalue weighted by Gasteiger charge is -2.35. The van der Waals surface area contributed by atoms with Gasteiger partial charge in [0.2, 0.25) is 5.96 Å². The van der Waals surface area contributed by atoms with Crippen LogP contribution in [0.3, 0.4) is 0 Å². The van der Waals surface area contributed by atoms with E-state index in [2.05, 4.69) is 22.1 Å². The van der Waals surface area contributed by atoms with Crippen molar-refractivity contribution in [1.29, 1.82) is 0 Å². The molecular weight excluding hydrogens is 202 g/mol. The van der Waals surface area contributed by atoms with Crippen LogP contribution in [0.4, 0.5) is 0 Å². The maximum Gasteiger partial charge on any atom is 0.202 e. The third-order valence-electron chi connectivity index (χ3n) is 3.37. The van der Waals surface area contributed by atoms with Gasteiger partial charge in [0.15, 0.2) is 11.6 Å². The summed E-state index contributed by atoms with van der Waals surface area (Å²) in [5.41, 5.74) is 5.58. The second-order valence-corrected chi connectivity index (χ2v) is 4.61. The number of nitrogens with two attached hydrogens (primary N) is 1. The zero-order chi connectivity index (χ0) is 11.6. The molecule has 0 saturated heterocycles. The first kappa shape index (κ1) is 11.2. The number of aliphatic imine (C=N–C) groups is 2. The van der Waals surface area contributed by atoms with Crippen LogP contribution in [0.5, 0.6) is 0 Å². The molecule has 1 saturated carbocycles. The van der Waals surface area contributed by atoms with Gasteiger partial charge in [0, 0.05) is 13.6 Å². The van der Waals surface area contributed by atoms with E-state index in [1.165, 1.54) is 19.3 Å². The molecule has 5 heteroatoms. The van der Waals surface area contributed by atoms with Gasteiger partial charge in [-0.25, -0.2) is 9.98 Å². The van der Waals surface area contributed by atoms with E-state index in [-0.39, 0.29) is 5.66 Å². The van der Waals surface area contributed by atoms with Gasteiger partial charge in [0.25, 0.3) is 0 Å². The van der Waals surface area contributed by atoms with Crippen LogP contribution in [0, 0.1) is 0 Å². The maximum atomic E-state index is 5.85. The van der Waals surface area contributed by atoms with Gasteiger partial charge >= 0.3 is 0 Å². The molecule has 16 heavy (non-hydrogen) atoms. The molecule has 2 aliphatic rings. The van der Waals surface area contributed by atoms with Crippen molar-refractivity contribution in [3.05, 3.63) is 0 Å². The second-order valence-electron chi connectivity index (χ2n) is 4.61. The summed E-state index contributed by atoms with van der Waals surface area (Å²) in [5, 5.41) is 3.04. The van der Waals surface area contributed by atoms with Gasteiger partial charge < -0.3 is 10.6 Å². The Balaban J connectivity index is 2.22. The fourth-order valence-electron chi connectivity index (χ4n) is 2.29. The van der Waals surface area contributed by atoms with E-state index in [0.29, 0.717) is 5.96 Å². The van der Waals surface area contributed by atoms with E-state index in [1.54, 1.807) is 0 Å². The zero-order valence-corrected chi connectivity index (χ0v) is 10.2. The van der Waals surface area contributed by atoms with E-state index in [1.807, 2.05) is 7.05 Å². The molecule has 90 valence electrons. The first-order valence-corrected chi connectivity index (χ1v) is 6.08. The standard InChI is InChI=1S/C11H21N5/c1-3-16(2)10-13-9(12)14-11(15-10)7-5-4-6-8-11/h3-8H2,1-2H3,(H3,12,13,14,15). The Morgan fingerprint density at radius 3 is 2.62 bits per heavy atom. The van der Waals surface area contributed by atoms with Crippen LogP contribution in [0.1, 0.15) is 39.0 Å². The summed E-state index contributed by atoms with van der Waals surface area (Å²) in [5.74, 6) is 1.36. The Kier molecular flexibility index (Phi) is 3.03. The first-order chi connectivity index (χ1) is 7.65. The number of rotatable bonds is 1. The van der Waals surface area contributed by atoms with Gasteiger partial charge in [0.05, 0.1) is 0 Å². The second kappa shape index (κ2) is 4.31. The monoisotopic (exact) mass is 223 g/mol. The van der Waals surface area contributed by atoms with Gasteiger partial charge in [-0.05, 0) is 32.6 Å². The summed E-state index contributed by atoms with van der Waals surface area (Å²) in [4.78, 5) is 11.3. The minimum absolute atomic E-state index is 0.271. The van der Waals surface area contributed by atoms with Crippen molar-refractivity contribution in [3.8, 4) is 0 Å². The zero-order valence-electron chi connectivity index (χ0n) is 10.2. The van der Waals surface area contributed by atoms with Crippen molar-refractivity contribution in [3.63, 3.8) is 0 Å². The van der Waals surface area contributed by atoms with Crippen molar-refractivity contribution >= 4 is 11.9 Å². The number of nitrogens with one attached hydrogen (secondary N) is 1. The van der Waals surface area contributed by atoms with Crippen LogP contribution in [0.25, 0.3) is 0 Å². The molecule has 0 radical (unpaired) electrons. The Hall–Kier alpha value is -1.26. The first-order valence-electron chi connectivity index (χ1n) is 6.08. The Bertz CT molecular complexity index is 314. The Morgan fingerprint density at radius 2 is 2.00 bits per heavy atom. The number of hydrogen-bond donors (Lipinski definition) is 2. The fraction of sp³-hybridized carbons (Fsp3) is 0.818. The Morgan fingerprint density at radius 1 is 1.31 bits per heavy atom. The highest BCUT2D eigenvalue weighted by molar-refractivity contribution is 5.99. The van der Waals surface area contributed by atoms with Gasteiger partial charge in [0.1, 0.15) is 0 Å². The quantitative estimate of drug-likeness (QED) is 0.693. The topological polar surface area (TPSA) is 66.0 Å². The molecule has 0 aromatic rings. The van der Waals surface area contributed by atoms with Gasteiger partial charge in [-0.1, -0.05) is 6.42 Å². The maximum absolute atomic E-state index is 5.85. The van der Waals surface area contributed by atoms with Crippen molar-refractivity contribution in [2.24, 2.45) is 15.7 Å². The van der Waals surface area contributed by atoms with Gasteiger partial charge in [-0.3, -0.25) is 5.32 Å². The molecule has 1 heterocycles. The summed E-state index contributed by atoms with van der Waals surface area (Å²) >= 11 is 0. The lowest BCUT2D eigenvalue weighted by atomic mass is 9.90. The third-order valence-corrected chi connectivity index (χ3v) is 3.37. The normalized spacial score (nSPS) is 23.4. The summed E-state index contributed by atoms with van der Waals surface area (Å²) in [7, 11) is 2.01. The summed E-state index contributed by atoms with van der Waals surface area (Å²) in [6, 6.07) is 0. The molecule has 3 N–H and O–H groups in total. The molecular formula is C11H21N5. The van der Waals surface area contributed by atoms with Crippen molar-refractivity contribution < 1.29 is 0 Å². The van der Waals surface area contributed by atoms with Crippen molar-refractivity contribution in [2.45, 2.75) is 44.7 Å². The van der Waals surface area contributed by atoms with Crippen LogP contribution in [-0.2, 0) is 0 Å². The average Bonchev–Trinajstić information content (AvgIpc) is 2.28. The number of nitrogens with zero attached hydrogens (tertiary/aromatic N) is 3. The molecule has 0 aromatic heterocycles. The molecule has 1 fully saturated rings. The van der Waals surface area contributed by atoms with E-state index in [4.69, 9.17) is 10.7 Å². The SMILES string of the molecule is CCN(C)C1=NC2(CCCCC2)N=C(N)N1. The highest BCUT2D eigenvalue weighted by atomic mass is 15.4. The number of guanidine groups is 2. The molecule has 1 aliphatic carbocycles. The van der Waals surface area contributed by atoms with Crippen LogP contribution < -0.4 is 11.1 Å². The summed E-state index contributed by atoms with van der Waals surface area (Å²) in [6.07, 6.45) is 5.73. The summed E-state index contributed by atoms with van der Waals surface area (Å²) < 4.78 is 0. The highest BCUT2D eigenvalue weighted by Gasteiger charge is 2.34. The minimum atomic E-state index is -0.271. The predicted octanol–water partition coefficient (Wildman–Crippen LogP) is 0.872. The van der Waals surface area contributed by atoms with Gasteiger partial charge in [-0.15, -0.1) is 0 Å². The lowest BCUT2D eigenvalue weighted by molar-refractivity contribution is 0.300. The smallest absolute Gasteiger partial charge is 0.202 e. The lowest BCUT2D eigenvalue weighted by Crippen LogP contribution is -2.52.